The van der Waals surface area contributed by atoms with Crippen molar-refractivity contribution >= 4 is 39.1 Å². The summed E-state index contributed by atoms with van der Waals surface area (Å²) in [5, 5.41) is 4.71. The fourth-order valence-electron chi connectivity index (χ4n) is 2.00. The van der Waals surface area contributed by atoms with Crippen molar-refractivity contribution in [1.29, 1.82) is 0 Å². The topological polar surface area (TPSA) is 43.6 Å². The number of halogens is 3. The summed E-state index contributed by atoms with van der Waals surface area (Å²) in [5.74, 6) is 0.448. The van der Waals surface area contributed by atoms with E-state index in [1.165, 1.54) is 0 Å². The molecule has 4 nitrogen and oxygen atoms in total. The molecule has 0 N–H and O–H groups in total. The Labute approximate surface area is 139 Å². The lowest BCUT2D eigenvalue weighted by Crippen LogP contribution is -1.99. The van der Waals surface area contributed by atoms with E-state index in [-0.39, 0.29) is 0 Å². The first kappa shape index (κ1) is 14.5. The Morgan fingerprint density at radius 2 is 1.81 bits per heavy atom. The van der Waals surface area contributed by atoms with Gasteiger partial charge in [-0.05, 0) is 23.8 Å². The third-order valence-electron chi connectivity index (χ3n) is 2.98. The van der Waals surface area contributed by atoms with Crippen LogP contribution in [0.5, 0.6) is 0 Å². The second kappa shape index (κ2) is 5.75. The summed E-state index contributed by atoms with van der Waals surface area (Å²) in [5.41, 5.74) is 2.22. The zero-order valence-corrected chi connectivity index (χ0v) is 14.0. The monoisotopic (exact) mass is 382 g/mol. The molecule has 0 amide bonds. The maximum Gasteiger partial charge on any atom is 0.180 e. The van der Waals surface area contributed by atoms with Gasteiger partial charge in [-0.2, -0.15) is 5.10 Å². The van der Waals surface area contributed by atoms with Crippen LogP contribution < -0.4 is 0 Å². The van der Waals surface area contributed by atoms with Crippen LogP contribution in [0, 0.1) is 0 Å². The maximum absolute atomic E-state index is 6.31. The van der Waals surface area contributed by atoms with Crippen LogP contribution in [-0.4, -0.2) is 19.7 Å². The largest absolute Gasteiger partial charge is 0.265 e. The fraction of sp³-hybridized carbons (Fsp3) is 0.0714. The molecule has 0 aliphatic rings. The summed E-state index contributed by atoms with van der Waals surface area (Å²) in [6, 6.07) is 9.46. The molecule has 0 aliphatic carbocycles. The zero-order chi connectivity index (χ0) is 15.0. The molecular weight excluding hydrogens is 375 g/mol. The van der Waals surface area contributed by atoms with E-state index in [1.807, 2.05) is 31.3 Å². The van der Waals surface area contributed by atoms with Gasteiger partial charge in [0.05, 0.1) is 5.56 Å². The molecule has 0 atom stereocenters. The van der Waals surface area contributed by atoms with Gasteiger partial charge >= 0.3 is 0 Å². The number of aromatic nitrogens is 4. The highest BCUT2D eigenvalue weighted by atomic mass is 79.9. The fourth-order valence-corrected chi connectivity index (χ4v) is 3.00. The molecule has 3 rings (SSSR count). The number of hydrogen-bond donors (Lipinski definition) is 0. The molecule has 0 saturated carbocycles. The molecule has 1 aromatic carbocycles. The van der Waals surface area contributed by atoms with Crippen molar-refractivity contribution in [2.24, 2.45) is 7.05 Å². The first-order valence-corrected chi connectivity index (χ1v) is 7.58. The average Bonchev–Trinajstić information content (AvgIpc) is 2.84. The molecule has 3 aromatic rings. The van der Waals surface area contributed by atoms with Crippen molar-refractivity contribution in [3.05, 3.63) is 51.3 Å². The van der Waals surface area contributed by atoms with Crippen LogP contribution in [-0.2, 0) is 7.05 Å². The van der Waals surface area contributed by atoms with Crippen LogP contribution in [0.25, 0.3) is 22.6 Å². The Balaban J connectivity index is 2.15. The van der Waals surface area contributed by atoms with Crippen LogP contribution >= 0.6 is 39.1 Å². The van der Waals surface area contributed by atoms with E-state index >= 15 is 0 Å². The Hall–Kier alpha value is -1.43. The Kier molecular flexibility index (Phi) is 3.97. The minimum absolute atomic E-state index is 0.310. The highest BCUT2D eigenvalue weighted by Gasteiger charge is 2.16. The summed E-state index contributed by atoms with van der Waals surface area (Å²) in [6.45, 7) is 0. The van der Waals surface area contributed by atoms with Crippen molar-refractivity contribution in [3.63, 3.8) is 0 Å². The smallest absolute Gasteiger partial charge is 0.180 e. The second-order valence-corrected chi connectivity index (χ2v) is 5.99. The summed E-state index contributed by atoms with van der Waals surface area (Å²) >= 11 is 16.0. The van der Waals surface area contributed by atoms with Crippen LogP contribution in [0.3, 0.4) is 0 Å². The van der Waals surface area contributed by atoms with E-state index < -0.39 is 0 Å². The number of benzene rings is 1. The van der Waals surface area contributed by atoms with E-state index in [2.05, 4.69) is 31.0 Å². The van der Waals surface area contributed by atoms with Crippen LogP contribution in [0.2, 0.25) is 10.3 Å². The summed E-state index contributed by atoms with van der Waals surface area (Å²) in [4.78, 5) is 8.67. The zero-order valence-electron chi connectivity index (χ0n) is 10.9. The third-order valence-corrected chi connectivity index (χ3v) is 4.02. The third kappa shape index (κ3) is 2.81. The minimum atomic E-state index is 0.310. The van der Waals surface area contributed by atoms with Crippen LogP contribution in [0.4, 0.5) is 0 Å². The van der Waals surface area contributed by atoms with Gasteiger partial charge in [0.25, 0.3) is 0 Å². The van der Waals surface area contributed by atoms with Gasteiger partial charge in [-0.15, -0.1) is 0 Å². The van der Waals surface area contributed by atoms with Crippen molar-refractivity contribution in [1.82, 2.24) is 19.7 Å². The molecule has 21 heavy (non-hydrogen) atoms. The van der Waals surface area contributed by atoms with E-state index in [0.29, 0.717) is 21.7 Å². The van der Waals surface area contributed by atoms with E-state index in [4.69, 9.17) is 23.2 Å². The Bertz CT molecular complexity index is 793. The predicted octanol–water partition coefficient (Wildman–Crippen LogP) is 4.61. The Morgan fingerprint density at radius 1 is 1.10 bits per heavy atom. The summed E-state index contributed by atoms with van der Waals surface area (Å²) in [7, 11) is 1.81. The lowest BCUT2D eigenvalue weighted by atomic mass is 10.1. The second-order valence-electron chi connectivity index (χ2n) is 4.35. The average molecular weight is 384 g/mol. The molecule has 0 saturated heterocycles. The van der Waals surface area contributed by atoms with Crippen LogP contribution in [0.1, 0.15) is 0 Å². The molecule has 0 fully saturated rings. The van der Waals surface area contributed by atoms with Gasteiger partial charge < -0.3 is 0 Å². The lowest BCUT2D eigenvalue weighted by Gasteiger charge is -2.09. The van der Waals surface area contributed by atoms with Crippen molar-refractivity contribution in [2.75, 3.05) is 0 Å². The number of aryl methyl sites for hydroxylation is 1. The summed E-state index contributed by atoms with van der Waals surface area (Å²) in [6.07, 6.45) is 1.67. The molecule has 0 spiro atoms. The molecule has 7 heteroatoms. The van der Waals surface area contributed by atoms with Crippen LogP contribution in [0.15, 0.2) is 41.0 Å². The standard InChI is InChI=1S/C14H9BrCl2N4/c1-21-10(5-6-18-21)14-19-12(16)11(13(17)20-14)8-3-2-4-9(15)7-8/h2-7H,1H3. The van der Waals surface area contributed by atoms with Gasteiger partial charge in [0.1, 0.15) is 16.0 Å². The maximum atomic E-state index is 6.31. The van der Waals surface area contributed by atoms with Crippen molar-refractivity contribution in [3.8, 4) is 22.6 Å². The molecular formula is C14H9BrCl2N4. The molecule has 0 aliphatic heterocycles. The van der Waals surface area contributed by atoms with Gasteiger partial charge in [-0.3, -0.25) is 4.68 Å². The molecule has 2 heterocycles. The SMILES string of the molecule is Cn1nccc1-c1nc(Cl)c(-c2cccc(Br)c2)c(Cl)n1. The minimum Gasteiger partial charge on any atom is -0.265 e. The summed E-state index contributed by atoms with van der Waals surface area (Å²) < 4.78 is 2.60. The molecule has 0 bridgehead atoms. The van der Waals surface area contributed by atoms with Gasteiger partial charge in [0.15, 0.2) is 5.82 Å². The first-order chi connectivity index (χ1) is 10.1. The Morgan fingerprint density at radius 3 is 2.38 bits per heavy atom. The molecule has 2 aromatic heterocycles. The normalized spacial score (nSPS) is 10.9. The van der Waals surface area contributed by atoms with E-state index in [9.17, 15) is 0 Å². The number of hydrogen-bond acceptors (Lipinski definition) is 3. The van der Waals surface area contributed by atoms with E-state index in [1.54, 1.807) is 16.9 Å². The molecule has 106 valence electrons. The lowest BCUT2D eigenvalue weighted by molar-refractivity contribution is 0.770. The predicted molar refractivity (Wildman–Crippen MR) is 87.4 cm³/mol. The number of nitrogens with zero attached hydrogens (tertiary/aromatic N) is 4. The van der Waals surface area contributed by atoms with Crippen molar-refractivity contribution in [2.45, 2.75) is 0 Å². The quantitative estimate of drug-likeness (QED) is 0.606. The van der Waals surface area contributed by atoms with Gasteiger partial charge in [-0.25, -0.2) is 9.97 Å². The molecule has 0 unspecified atom stereocenters. The van der Waals surface area contributed by atoms with E-state index in [0.717, 1.165) is 15.7 Å². The highest BCUT2D eigenvalue weighted by Crippen LogP contribution is 2.35. The first-order valence-electron chi connectivity index (χ1n) is 6.03. The van der Waals surface area contributed by atoms with Gasteiger partial charge in [0, 0.05) is 17.7 Å². The van der Waals surface area contributed by atoms with Crippen molar-refractivity contribution < 1.29 is 0 Å². The molecule has 0 radical (unpaired) electrons. The van der Waals surface area contributed by atoms with Gasteiger partial charge in [0.2, 0.25) is 0 Å². The number of rotatable bonds is 2. The highest BCUT2D eigenvalue weighted by molar-refractivity contribution is 9.10. The van der Waals surface area contributed by atoms with Gasteiger partial charge in [-0.1, -0.05) is 51.3 Å².